The van der Waals surface area contributed by atoms with Crippen molar-refractivity contribution in [2.45, 2.75) is 32.9 Å². The lowest BCUT2D eigenvalue weighted by Gasteiger charge is -2.39. The molecule has 1 fully saturated rings. The van der Waals surface area contributed by atoms with Crippen LogP contribution in [0.3, 0.4) is 0 Å². The van der Waals surface area contributed by atoms with E-state index in [4.69, 9.17) is 0 Å². The number of aliphatic hydroxyl groups is 1. The Morgan fingerprint density at radius 1 is 1.30 bits per heavy atom. The number of nitrogens with zero attached hydrogens (tertiary/aromatic N) is 6. The lowest BCUT2D eigenvalue weighted by molar-refractivity contribution is 0.0502. The van der Waals surface area contributed by atoms with Crippen molar-refractivity contribution in [3.05, 3.63) is 29.7 Å². The van der Waals surface area contributed by atoms with Crippen LogP contribution in [0.4, 0.5) is 0 Å². The van der Waals surface area contributed by atoms with Crippen LogP contribution in [-0.2, 0) is 6.54 Å². The summed E-state index contributed by atoms with van der Waals surface area (Å²) in [4.78, 5) is 23.9. The minimum atomic E-state index is -0.0370. The van der Waals surface area contributed by atoms with Crippen LogP contribution in [0.2, 0.25) is 0 Å². The van der Waals surface area contributed by atoms with Gasteiger partial charge in [-0.2, -0.15) is 5.10 Å². The van der Waals surface area contributed by atoms with Gasteiger partial charge in [-0.15, -0.1) is 0 Å². The van der Waals surface area contributed by atoms with Crippen molar-refractivity contribution in [2.24, 2.45) is 0 Å². The summed E-state index contributed by atoms with van der Waals surface area (Å²) in [5.74, 6) is -0.0370. The highest BCUT2D eigenvalue weighted by molar-refractivity contribution is 5.99. The number of hydrogen-bond acceptors (Lipinski definition) is 6. The number of aliphatic hydroxyl groups excluding tert-OH is 1. The van der Waals surface area contributed by atoms with Gasteiger partial charge in [0.05, 0.1) is 6.20 Å². The summed E-state index contributed by atoms with van der Waals surface area (Å²) in [6, 6.07) is 0.183. The molecule has 8 heteroatoms. The summed E-state index contributed by atoms with van der Waals surface area (Å²) in [6.45, 7) is 9.29. The van der Waals surface area contributed by atoms with E-state index in [9.17, 15) is 9.90 Å². The number of amides is 1. The lowest BCUT2D eigenvalue weighted by atomic mass is 10.1. The van der Waals surface area contributed by atoms with E-state index in [2.05, 4.69) is 33.7 Å². The molecule has 3 rings (SSSR count). The predicted octanol–water partition coefficient (Wildman–Crippen LogP) is 0.710. The number of hydrogen-bond donors (Lipinski definition) is 1. The van der Waals surface area contributed by atoms with Gasteiger partial charge >= 0.3 is 0 Å². The minimum Gasteiger partial charge on any atom is -0.396 e. The van der Waals surface area contributed by atoms with Gasteiger partial charge in [-0.25, -0.2) is 9.50 Å². The maximum atomic E-state index is 13.0. The van der Waals surface area contributed by atoms with Crippen LogP contribution in [0.25, 0.3) is 5.65 Å². The quantitative estimate of drug-likeness (QED) is 0.769. The number of likely N-dealkylation sites (N-methyl/N-ethyl adjacent to an activating group) is 1. The van der Waals surface area contributed by atoms with E-state index in [1.165, 1.54) is 0 Å². The van der Waals surface area contributed by atoms with Crippen molar-refractivity contribution in [2.75, 3.05) is 46.4 Å². The zero-order chi connectivity index (χ0) is 19.4. The van der Waals surface area contributed by atoms with Gasteiger partial charge in [0.1, 0.15) is 5.56 Å². The molecular weight excluding hydrogens is 344 g/mol. The van der Waals surface area contributed by atoms with Crippen LogP contribution < -0.4 is 0 Å². The van der Waals surface area contributed by atoms with Crippen LogP contribution in [0.15, 0.2) is 18.6 Å². The number of fused-ring (bicyclic) bond motifs is 1. The molecule has 8 nitrogen and oxygen atoms in total. The second kappa shape index (κ2) is 8.77. The summed E-state index contributed by atoms with van der Waals surface area (Å²) in [7, 11) is 2.04. The van der Waals surface area contributed by atoms with Gasteiger partial charge in [0, 0.05) is 56.8 Å². The third-order valence-electron chi connectivity index (χ3n) is 5.47. The number of carbonyl (C=O) groups excluding carboxylic acids is 1. The zero-order valence-corrected chi connectivity index (χ0v) is 16.5. The number of carbonyl (C=O) groups is 1. The monoisotopic (exact) mass is 374 g/mol. The third kappa shape index (κ3) is 4.28. The molecule has 3 heterocycles. The van der Waals surface area contributed by atoms with Gasteiger partial charge in [-0.1, -0.05) is 13.8 Å². The molecule has 2 aromatic heterocycles. The van der Waals surface area contributed by atoms with Crippen LogP contribution >= 0.6 is 0 Å². The molecule has 0 spiro atoms. The Balaban J connectivity index is 1.77. The Hall–Kier alpha value is -2.03. The Labute approximate surface area is 160 Å². The van der Waals surface area contributed by atoms with Crippen molar-refractivity contribution >= 4 is 11.6 Å². The highest BCUT2D eigenvalue weighted by atomic mass is 16.3. The normalized spacial score (nSPS) is 18.6. The second-order valence-electron chi connectivity index (χ2n) is 7.15. The first-order chi connectivity index (χ1) is 13.1. The van der Waals surface area contributed by atoms with Gasteiger partial charge in [-0.3, -0.25) is 14.6 Å². The summed E-state index contributed by atoms with van der Waals surface area (Å²) in [6.07, 6.45) is 6.08. The molecule has 0 saturated carbocycles. The summed E-state index contributed by atoms with van der Waals surface area (Å²) >= 11 is 0. The van der Waals surface area contributed by atoms with Gasteiger partial charge in [-0.05, 0) is 26.6 Å². The lowest BCUT2D eigenvalue weighted by Crippen LogP contribution is -2.53. The SMILES string of the molecule is CCN(CC)Cc1cnc2c(C(=O)N3CCN(C)[C@H](CCO)C3)cnn2c1. The van der Waals surface area contributed by atoms with Crippen LogP contribution in [-0.4, -0.2) is 92.7 Å². The molecule has 1 atom stereocenters. The van der Waals surface area contributed by atoms with Crippen molar-refractivity contribution < 1.29 is 9.90 Å². The first-order valence-corrected chi connectivity index (χ1v) is 9.72. The van der Waals surface area contributed by atoms with Crippen LogP contribution in [0.5, 0.6) is 0 Å². The zero-order valence-electron chi connectivity index (χ0n) is 16.5. The summed E-state index contributed by atoms with van der Waals surface area (Å²) < 4.78 is 1.70. The van der Waals surface area contributed by atoms with Crippen molar-refractivity contribution in [1.82, 2.24) is 29.3 Å². The van der Waals surface area contributed by atoms with Crippen LogP contribution in [0.1, 0.15) is 36.2 Å². The van der Waals surface area contributed by atoms with Gasteiger partial charge in [0.2, 0.25) is 0 Å². The molecule has 2 aromatic rings. The number of rotatable bonds is 7. The topological polar surface area (TPSA) is 77.2 Å². The smallest absolute Gasteiger partial charge is 0.259 e. The fraction of sp³-hybridized carbons (Fsp3) is 0.632. The highest BCUT2D eigenvalue weighted by Gasteiger charge is 2.29. The van der Waals surface area contributed by atoms with Gasteiger partial charge in [0.15, 0.2) is 5.65 Å². The largest absolute Gasteiger partial charge is 0.396 e. The number of piperazine rings is 1. The second-order valence-corrected chi connectivity index (χ2v) is 7.15. The van der Waals surface area contributed by atoms with E-state index in [0.29, 0.717) is 30.7 Å². The number of aromatic nitrogens is 3. The van der Waals surface area contributed by atoms with E-state index >= 15 is 0 Å². The first kappa shape index (κ1) is 19.7. The van der Waals surface area contributed by atoms with Gasteiger partial charge in [0.25, 0.3) is 5.91 Å². The van der Waals surface area contributed by atoms with Crippen molar-refractivity contribution in [1.29, 1.82) is 0 Å². The predicted molar refractivity (Wildman–Crippen MR) is 104 cm³/mol. The molecule has 0 unspecified atom stereocenters. The highest BCUT2D eigenvalue weighted by Crippen LogP contribution is 2.17. The maximum absolute atomic E-state index is 13.0. The fourth-order valence-electron chi connectivity index (χ4n) is 3.61. The average molecular weight is 374 g/mol. The van der Waals surface area contributed by atoms with E-state index in [-0.39, 0.29) is 18.6 Å². The summed E-state index contributed by atoms with van der Waals surface area (Å²) in [5, 5.41) is 13.6. The molecule has 1 aliphatic heterocycles. The van der Waals surface area contributed by atoms with Crippen molar-refractivity contribution in [3.8, 4) is 0 Å². The van der Waals surface area contributed by atoms with E-state index in [0.717, 1.165) is 31.7 Å². The molecule has 0 bridgehead atoms. The molecule has 0 radical (unpaired) electrons. The molecule has 1 aliphatic rings. The Kier molecular flexibility index (Phi) is 6.41. The Morgan fingerprint density at radius 3 is 2.78 bits per heavy atom. The Bertz CT molecular complexity index is 773. The molecule has 0 aromatic carbocycles. The molecule has 27 heavy (non-hydrogen) atoms. The molecule has 148 valence electrons. The first-order valence-electron chi connectivity index (χ1n) is 9.72. The molecule has 1 N–H and O–H groups in total. The molecule has 0 aliphatic carbocycles. The third-order valence-corrected chi connectivity index (χ3v) is 5.47. The van der Waals surface area contributed by atoms with E-state index in [1.807, 2.05) is 24.3 Å². The van der Waals surface area contributed by atoms with E-state index < -0.39 is 0 Å². The molecule has 1 amide bonds. The fourth-order valence-corrected chi connectivity index (χ4v) is 3.61. The maximum Gasteiger partial charge on any atom is 0.259 e. The molecular formula is C19H30N6O2. The average Bonchev–Trinajstić information content (AvgIpc) is 3.10. The molecule has 1 saturated heterocycles. The minimum absolute atomic E-state index is 0.0370. The summed E-state index contributed by atoms with van der Waals surface area (Å²) in [5.41, 5.74) is 2.22. The van der Waals surface area contributed by atoms with Crippen molar-refractivity contribution in [3.63, 3.8) is 0 Å². The van der Waals surface area contributed by atoms with E-state index in [1.54, 1.807) is 10.7 Å². The Morgan fingerprint density at radius 2 is 2.07 bits per heavy atom. The van der Waals surface area contributed by atoms with Gasteiger partial charge < -0.3 is 10.0 Å². The van der Waals surface area contributed by atoms with Crippen LogP contribution in [0, 0.1) is 0 Å². The standard InChI is InChI=1S/C19H30N6O2/c1-4-23(5-2)12-15-10-20-18-17(11-21-25(18)13-15)19(27)24-8-7-22(3)16(14-24)6-9-26/h10-11,13,16,26H,4-9,12,14H2,1-3H3/t16-/m1/s1.